The number of methoxy groups -OCH3 is 1. The van der Waals surface area contributed by atoms with Gasteiger partial charge in [-0.05, 0) is 49.2 Å². The van der Waals surface area contributed by atoms with E-state index < -0.39 is 6.10 Å². The second-order valence-corrected chi connectivity index (χ2v) is 6.71. The molecule has 0 spiro atoms. The van der Waals surface area contributed by atoms with Crippen LogP contribution in [0.15, 0.2) is 48.5 Å². The number of ether oxygens (including phenoxy) is 3. The molecule has 2 unspecified atom stereocenters. The summed E-state index contributed by atoms with van der Waals surface area (Å²) < 4.78 is 18.8. The standard InChI is InChI=1S/C21H24N2O4.ClH/c1-25-16-8-10-17(11-9-16)27-14-15(24)13-23-19-6-3-2-5-18(19)22-21(23)20-7-4-12-26-20;/h2-3,5-6,8-11,15,20,24H,4,7,12-14H2,1H3;1H. The molecule has 1 aliphatic heterocycles. The number of aromatic nitrogens is 2. The Morgan fingerprint density at radius 2 is 1.93 bits per heavy atom. The van der Waals surface area contributed by atoms with E-state index in [9.17, 15) is 5.11 Å². The molecule has 0 amide bonds. The van der Waals surface area contributed by atoms with Gasteiger partial charge in [0.05, 0.1) is 24.7 Å². The number of para-hydroxylation sites is 2. The minimum Gasteiger partial charge on any atom is -0.497 e. The first-order valence-corrected chi connectivity index (χ1v) is 9.26. The normalized spacial score (nSPS) is 17.3. The van der Waals surface area contributed by atoms with Gasteiger partial charge in [-0.2, -0.15) is 0 Å². The van der Waals surface area contributed by atoms with Crippen LogP contribution >= 0.6 is 12.4 Å². The molecule has 2 aromatic carbocycles. The van der Waals surface area contributed by atoms with E-state index in [0.717, 1.165) is 42.1 Å². The van der Waals surface area contributed by atoms with E-state index in [0.29, 0.717) is 12.3 Å². The quantitative estimate of drug-likeness (QED) is 0.649. The van der Waals surface area contributed by atoms with Crippen LogP contribution in [0.1, 0.15) is 24.8 Å². The predicted octanol–water partition coefficient (Wildman–Crippen LogP) is 3.76. The zero-order valence-electron chi connectivity index (χ0n) is 15.8. The van der Waals surface area contributed by atoms with Crippen LogP contribution in [0, 0.1) is 0 Å². The Balaban J connectivity index is 0.00000225. The van der Waals surface area contributed by atoms with E-state index in [1.165, 1.54) is 0 Å². The van der Waals surface area contributed by atoms with Crippen molar-refractivity contribution in [1.29, 1.82) is 0 Å². The molecule has 1 aromatic heterocycles. The summed E-state index contributed by atoms with van der Waals surface area (Å²) in [5, 5.41) is 10.6. The molecule has 1 N–H and O–H groups in total. The van der Waals surface area contributed by atoms with Crippen molar-refractivity contribution in [2.75, 3.05) is 20.3 Å². The average Bonchev–Trinajstić information content (AvgIpc) is 3.35. The first kappa shape index (κ1) is 20.5. The minimum absolute atomic E-state index is 0. The van der Waals surface area contributed by atoms with Gasteiger partial charge in [-0.3, -0.25) is 0 Å². The van der Waals surface area contributed by atoms with Crippen LogP contribution in [-0.4, -0.2) is 41.1 Å². The Kier molecular flexibility index (Phi) is 6.78. The summed E-state index contributed by atoms with van der Waals surface area (Å²) in [6, 6.07) is 15.3. The van der Waals surface area contributed by atoms with Crippen molar-refractivity contribution in [3.8, 4) is 11.5 Å². The Labute approximate surface area is 170 Å². The minimum atomic E-state index is -0.662. The van der Waals surface area contributed by atoms with Gasteiger partial charge in [0.2, 0.25) is 0 Å². The molecule has 2 heterocycles. The first-order valence-electron chi connectivity index (χ1n) is 9.26. The van der Waals surface area contributed by atoms with Gasteiger partial charge in [0, 0.05) is 6.61 Å². The van der Waals surface area contributed by atoms with Gasteiger partial charge in [0.15, 0.2) is 0 Å². The largest absolute Gasteiger partial charge is 0.497 e. The maximum atomic E-state index is 10.6. The number of aliphatic hydroxyl groups excluding tert-OH is 1. The maximum absolute atomic E-state index is 10.6. The van der Waals surface area contributed by atoms with Gasteiger partial charge >= 0.3 is 0 Å². The van der Waals surface area contributed by atoms with Crippen molar-refractivity contribution < 1.29 is 19.3 Å². The first-order chi connectivity index (χ1) is 13.2. The Morgan fingerprint density at radius 1 is 1.18 bits per heavy atom. The molecule has 150 valence electrons. The fraction of sp³-hybridized carbons (Fsp3) is 0.381. The molecule has 6 nitrogen and oxygen atoms in total. The van der Waals surface area contributed by atoms with E-state index in [4.69, 9.17) is 19.2 Å². The number of hydrogen-bond donors (Lipinski definition) is 1. The van der Waals surface area contributed by atoms with Gasteiger partial charge in [-0.25, -0.2) is 4.98 Å². The number of rotatable bonds is 7. The molecule has 0 saturated carbocycles. The van der Waals surface area contributed by atoms with Crippen LogP contribution in [0.3, 0.4) is 0 Å². The summed E-state index contributed by atoms with van der Waals surface area (Å²) in [4.78, 5) is 4.76. The number of fused-ring (bicyclic) bond motifs is 1. The third-order valence-electron chi connectivity index (χ3n) is 4.80. The van der Waals surface area contributed by atoms with Crippen LogP contribution in [0.25, 0.3) is 11.0 Å². The highest BCUT2D eigenvalue weighted by molar-refractivity contribution is 5.85. The molecule has 1 fully saturated rings. The Hall–Kier alpha value is -2.28. The second kappa shape index (κ2) is 9.28. The summed E-state index contributed by atoms with van der Waals surface area (Å²) in [7, 11) is 1.63. The summed E-state index contributed by atoms with van der Waals surface area (Å²) in [5.74, 6) is 2.36. The monoisotopic (exact) mass is 404 g/mol. The molecular weight excluding hydrogens is 380 g/mol. The second-order valence-electron chi connectivity index (χ2n) is 6.71. The molecule has 0 bridgehead atoms. The number of hydrogen-bond acceptors (Lipinski definition) is 5. The summed E-state index contributed by atoms with van der Waals surface area (Å²) in [5.41, 5.74) is 1.93. The number of nitrogens with zero attached hydrogens (tertiary/aromatic N) is 2. The third-order valence-corrected chi connectivity index (χ3v) is 4.80. The lowest BCUT2D eigenvalue weighted by molar-refractivity contribution is 0.0805. The molecule has 7 heteroatoms. The zero-order chi connectivity index (χ0) is 18.6. The van der Waals surface area contributed by atoms with Crippen LogP contribution in [-0.2, 0) is 11.3 Å². The van der Waals surface area contributed by atoms with E-state index in [2.05, 4.69) is 4.57 Å². The molecule has 28 heavy (non-hydrogen) atoms. The fourth-order valence-corrected chi connectivity index (χ4v) is 3.44. The molecule has 1 saturated heterocycles. The average molecular weight is 405 g/mol. The number of halogens is 1. The summed E-state index contributed by atoms with van der Waals surface area (Å²) >= 11 is 0. The highest BCUT2D eigenvalue weighted by atomic mass is 35.5. The van der Waals surface area contributed by atoms with Crippen molar-refractivity contribution in [1.82, 2.24) is 9.55 Å². The van der Waals surface area contributed by atoms with Crippen LogP contribution in [0.2, 0.25) is 0 Å². The van der Waals surface area contributed by atoms with Crippen molar-refractivity contribution in [3.63, 3.8) is 0 Å². The SMILES string of the molecule is COc1ccc(OCC(O)Cn2c(C3CCCO3)nc3ccccc32)cc1.Cl. The number of imidazole rings is 1. The lowest BCUT2D eigenvalue weighted by Gasteiger charge is -2.17. The van der Waals surface area contributed by atoms with Crippen LogP contribution in [0.5, 0.6) is 11.5 Å². The van der Waals surface area contributed by atoms with Gasteiger partial charge in [-0.15, -0.1) is 12.4 Å². The van der Waals surface area contributed by atoms with E-state index >= 15 is 0 Å². The molecule has 4 rings (SSSR count). The molecule has 3 aromatic rings. The van der Waals surface area contributed by atoms with Crippen molar-refractivity contribution in [2.45, 2.75) is 31.6 Å². The topological polar surface area (TPSA) is 65.7 Å². The van der Waals surface area contributed by atoms with Crippen molar-refractivity contribution in [3.05, 3.63) is 54.4 Å². The fourth-order valence-electron chi connectivity index (χ4n) is 3.44. The highest BCUT2D eigenvalue weighted by Gasteiger charge is 2.25. The van der Waals surface area contributed by atoms with E-state index in [-0.39, 0.29) is 25.1 Å². The zero-order valence-corrected chi connectivity index (χ0v) is 16.6. The van der Waals surface area contributed by atoms with Crippen LogP contribution in [0.4, 0.5) is 0 Å². The molecular formula is C21H25ClN2O4. The van der Waals surface area contributed by atoms with Crippen molar-refractivity contribution in [2.24, 2.45) is 0 Å². The molecule has 2 atom stereocenters. The summed E-state index contributed by atoms with van der Waals surface area (Å²) in [6.45, 7) is 1.37. The smallest absolute Gasteiger partial charge is 0.139 e. The van der Waals surface area contributed by atoms with Gasteiger partial charge in [-0.1, -0.05) is 12.1 Å². The lowest BCUT2D eigenvalue weighted by atomic mass is 10.2. The van der Waals surface area contributed by atoms with Crippen molar-refractivity contribution >= 4 is 23.4 Å². The molecule has 0 radical (unpaired) electrons. The third kappa shape index (κ3) is 4.41. The van der Waals surface area contributed by atoms with Crippen LogP contribution < -0.4 is 9.47 Å². The van der Waals surface area contributed by atoms with Gasteiger partial charge in [0.25, 0.3) is 0 Å². The lowest BCUT2D eigenvalue weighted by Crippen LogP contribution is -2.25. The van der Waals surface area contributed by atoms with E-state index in [1.54, 1.807) is 7.11 Å². The highest BCUT2D eigenvalue weighted by Crippen LogP contribution is 2.30. The maximum Gasteiger partial charge on any atom is 0.139 e. The van der Waals surface area contributed by atoms with Gasteiger partial charge in [0.1, 0.15) is 36.1 Å². The number of benzene rings is 2. The Bertz CT molecular complexity index is 891. The Morgan fingerprint density at radius 3 is 2.64 bits per heavy atom. The number of aliphatic hydroxyl groups is 1. The molecule has 0 aliphatic carbocycles. The van der Waals surface area contributed by atoms with Gasteiger partial charge < -0.3 is 23.9 Å². The molecule has 1 aliphatic rings. The predicted molar refractivity (Wildman–Crippen MR) is 109 cm³/mol. The summed E-state index contributed by atoms with van der Waals surface area (Å²) in [6.07, 6.45) is 1.33. The van der Waals surface area contributed by atoms with E-state index in [1.807, 2.05) is 48.5 Å².